The number of hydrazone groups is 1. The number of aromatic nitrogens is 2. The van der Waals surface area contributed by atoms with E-state index in [0.29, 0.717) is 5.69 Å². The number of carbonyl (C=O) groups excluding carboxylic acids is 1. The summed E-state index contributed by atoms with van der Waals surface area (Å²) in [6.07, 6.45) is 7.43. The maximum Gasteiger partial charge on any atom is 0.290 e. The lowest BCUT2D eigenvalue weighted by atomic mass is 9.99. The molecule has 2 heterocycles. The Bertz CT molecular complexity index is 664. The Morgan fingerprint density at radius 3 is 2.90 bits per heavy atom. The molecule has 1 fully saturated rings. The van der Waals surface area contributed by atoms with Crippen LogP contribution in [-0.4, -0.2) is 21.0 Å². The number of amides is 1. The van der Waals surface area contributed by atoms with Crippen molar-refractivity contribution in [2.45, 2.75) is 39.0 Å². The molecular weight excluding hydrogens is 252 g/mol. The summed E-state index contributed by atoms with van der Waals surface area (Å²) in [5, 5.41) is 4.26. The van der Waals surface area contributed by atoms with Crippen LogP contribution in [-0.2, 0) is 0 Å². The standard InChI is InChI=1S/C15H18N4O/c1-11-14(19-10-6-5-9-13(19)16-11)15(20)18-17-12-7-3-2-4-8-12/h5-6,9-10H,2-4,7-8H2,1H3,(H,18,20). The van der Waals surface area contributed by atoms with Gasteiger partial charge in [-0.3, -0.25) is 9.20 Å². The SMILES string of the molecule is Cc1nc2ccccn2c1C(=O)NN=C1CCCCC1. The van der Waals surface area contributed by atoms with Gasteiger partial charge in [-0.2, -0.15) is 5.10 Å². The van der Waals surface area contributed by atoms with Gasteiger partial charge in [0.2, 0.25) is 0 Å². The fraction of sp³-hybridized carbons (Fsp3) is 0.400. The lowest BCUT2D eigenvalue weighted by molar-refractivity contribution is 0.0948. The molecule has 5 heteroatoms. The van der Waals surface area contributed by atoms with Gasteiger partial charge < -0.3 is 0 Å². The number of hydrogen-bond donors (Lipinski definition) is 1. The highest BCUT2D eigenvalue weighted by molar-refractivity contribution is 5.96. The summed E-state index contributed by atoms with van der Waals surface area (Å²) in [4.78, 5) is 16.7. The number of hydrogen-bond acceptors (Lipinski definition) is 3. The fourth-order valence-corrected chi connectivity index (χ4v) is 2.64. The quantitative estimate of drug-likeness (QED) is 0.853. The average Bonchev–Trinajstić information content (AvgIpc) is 2.82. The lowest BCUT2D eigenvalue weighted by Crippen LogP contribution is -2.22. The monoisotopic (exact) mass is 270 g/mol. The van der Waals surface area contributed by atoms with Crippen LogP contribution in [0.25, 0.3) is 5.65 Å². The molecule has 0 saturated heterocycles. The van der Waals surface area contributed by atoms with E-state index >= 15 is 0 Å². The maximum absolute atomic E-state index is 12.3. The summed E-state index contributed by atoms with van der Waals surface area (Å²) < 4.78 is 1.80. The Hall–Kier alpha value is -2.17. The molecule has 2 aromatic heterocycles. The van der Waals surface area contributed by atoms with E-state index in [1.807, 2.05) is 31.3 Å². The third-order valence-electron chi connectivity index (χ3n) is 3.67. The van der Waals surface area contributed by atoms with Crippen molar-refractivity contribution >= 4 is 17.3 Å². The van der Waals surface area contributed by atoms with Gasteiger partial charge in [-0.25, -0.2) is 10.4 Å². The van der Waals surface area contributed by atoms with Gasteiger partial charge in [-0.15, -0.1) is 0 Å². The summed E-state index contributed by atoms with van der Waals surface area (Å²) in [6.45, 7) is 1.84. The highest BCUT2D eigenvalue weighted by Crippen LogP contribution is 2.15. The zero-order chi connectivity index (χ0) is 13.9. The Kier molecular flexibility index (Phi) is 3.50. The van der Waals surface area contributed by atoms with Gasteiger partial charge in [0.25, 0.3) is 5.91 Å². The van der Waals surface area contributed by atoms with Crippen LogP contribution >= 0.6 is 0 Å². The first-order chi connectivity index (χ1) is 9.75. The first kappa shape index (κ1) is 12.8. The average molecular weight is 270 g/mol. The van der Waals surface area contributed by atoms with E-state index < -0.39 is 0 Å². The van der Waals surface area contributed by atoms with Crippen LogP contribution in [0.2, 0.25) is 0 Å². The number of imidazole rings is 1. The van der Waals surface area contributed by atoms with Crippen LogP contribution in [0.15, 0.2) is 29.5 Å². The van der Waals surface area contributed by atoms with Gasteiger partial charge in [0.05, 0.1) is 5.69 Å². The number of pyridine rings is 1. The van der Waals surface area contributed by atoms with Crippen molar-refractivity contribution in [1.82, 2.24) is 14.8 Å². The van der Waals surface area contributed by atoms with Crippen LogP contribution in [0.1, 0.15) is 48.3 Å². The second-order valence-corrected chi connectivity index (χ2v) is 5.15. The van der Waals surface area contributed by atoms with E-state index in [1.165, 1.54) is 19.3 Å². The van der Waals surface area contributed by atoms with Crippen molar-refractivity contribution in [2.75, 3.05) is 0 Å². The predicted octanol–water partition coefficient (Wildman–Crippen LogP) is 2.69. The Morgan fingerprint density at radius 1 is 1.30 bits per heavy atom. The molecule has 1 saturated carbocycles. The van der Waals surface area contributed by atoms with E-state index in [4.69, 9.17) is 0 Å². The fourth-order valence-electron chi connectivity index (χ4n) is 2.64. The van der Waals surface area contributed by atoms with Gasteiger partial charge in [-0.1, -0.05) is 12.5 Å². The Balaban J connectivity index is 1.83. The largest absolute Gasteiger partial charge is 0.295 e. The molecule has 2 aromatic rings. The third kappa shape index (κ3) is 2.43. The highest BCUT2D eigenvalue weighted by Gasteiger charge is 2.16. The molecule has 1 amide bonds. The summed E-state index contributed by atoms with van der Waals surface area (Å²) >= 11 is 0. The topological polar surface area (TPSA) is 58.8 Å². The molecule has 1 aliphatic rings. The van der Waals surface area contributed by atoms with Crippen molar-refractivity contribution < 1.29 is 4.79 Å². The molecule has 0 aromatic carbocycles. The van der Waals surface area contributed by atoms with E-state index in [2.05, 4.69) is 15.5 Å². The minimum atomic E-state index is -0.195. The molecule has 0 radical (unpaired) electrons. The normalized spacial score (nSPS) is 15.3. The number of nitrogens with zero attached hydrogens (tertiary/aromatic N) is 3. The van der Waals surface area contributed by atoms with Gasteiger partial charge in [-0.05, 0) is 44.7 Å². The van der Waals surface area contributed by atoms with Crippen molar-refractivity contribution in [3.8, 4) is 0 Å². The van der Waals surface area contributed by atoms with Gasteiger partial charge >= 0.3 is 0 Å². The molecule has 0 aliphatic heterocycles. The van der Waals surface area contributed by atoms with E-state index in [9.17, 15) is 4.79 Å². The van der Waals surface area contributed by atoms with E-state index in [0.717, 1.165) is 29.9 Å². The highest BCUT2D eigenvalue weighted by atomic mass is 16.2. The van der Waals surface area contributed by atoms with Crippen molar-refractivity contribution in [2.24, 2.45) is 5.10 Å². The van der Waals surface area contributed by atoms with Gasteiger partial charge in [0, 0.05) is 11.9 Å². The molecule has 0 bridgehead atoms. The van der Waals surface area contributed by atoms with Crippen LogP contribution < -0.4 is 5.43 Å². The summed E-state index contributed by atoms with van der Waals surface area (Å²) in [5.41, 5.74) is 5.82. The molecule has 3 rings (SSSR count). The molecule has 104 valence electrons. The van der Waals surface area contributed by atoms with Crippen molar-refractivity contribution in [3.05, 3.63) is 35.8 Å². The number of nitrogens with one attached hydrogen (secondary N) is 1. The van der Waals surface area contributed by atoms with Crippen LogP contribution in [0.4, 0.5) is 0 Å². The summed E-state index contributed by atoms with van der Waals surface area (Å²) in [5.74, 6) is -0.195. The number of carbonyl (C=O) groups is 1. The molecule has 1 aliphatic carbocycles. The Labute approximate surface area is 117 Å². The minimum Gasteiger partial charge on any atom is -0.295 e. The molecule has 5 nitrogen and oxygen atoms in total. The Morgan fingerprint density at radius 2 is 2.10 bits per heavy atom. The molecule has 0 unspecified atom stereocenters. The minimum absolute atomic E-state index is 0.195. The third-order valence-corrected chi connectivity index (χ3v) is 3.67. The maximum atomic E-state index is 12.3. The van der Waals surface area contributed by atoms with Gasteiger partial charge in [0.1, 0.15) is 11.3 Å². The summed E-state index contributed by atoms with van der Waals surface area (Å²) in [6, 6.07) is 5.68. The molecule has 0 atom stereocenters. The number of fused-ring (bicyclic) bond motifs is 1. The van der Waals surface area contributed by atoms with Crippen molar-refractivity contribution in [3.63, 3.8) is 0 Å². The number of aryl methyl sites for hydroxylation is 1. The van der Waals surface area contributed by atoms with E-state index in [-0.39, 0.29) is 5.91 Å². The van der Waals surface area contributed by atoms with Crippen molar-refractivity contribution in [1.29, 1.82) is 0 Å². The summed E-state index contributed by atoms with van der Waals surface area (Å²) in [7, 11) is 0. The molecular formula is C15H18N4O. The second kappa shape index (κ2) is 5.45. The molecule has 0 spiro atoms. The predicted molar refractivity (Wildman–Crippen MR) is 77.9 cm³/mol. The molecule has 20 heavy (non-hydrogen) atoms. The lowest BCUT2D eigenvalue weighted by Gasteiger charge is -2.12. The van der Waals surface area contributed by atoms with Crippen LogP contribution in [0, 0.1) is 6.92 Å². The zero-order valence-electron chi connectivity index (χ0n) is 11.6. The van der Waals surface area contributed by atoms with Crippen LogP contribution in [0.3, 0.4) is 0 Å². The molecule has 1 N–H and O–H groups in total. The van der Waals surface area contributed by atoms with E-state index in [1.54, 1.807) is 4.40 Å². The first-order valence-electron chi connectivity index (χ1n) is 7.05. The zero-order valence-corrected chi connectivity index (χ0v) is 11.6. The van der Waals surface area contributed by atoms with Crippen LogP contribution in [0.5, 0.6) is 0 Å². The second-order valence-electron chi connectivity index (χ2n) is 5.15. The number of rotatable bonds is 2. The van der Waals surface area contributed by atoms with Gasteiger partial charge in [0.15, 0.2) is 0 Å². The first-order valence-corrected chi connectivity index (χ1v) is 7.05. The smallest absolute Gasteiger partial charge is 0.290 e.